The minimum Gasteiger partial charge on any atom is -0.478 e. The van der Waals surface area contributed by atoms with E-state index in [0.717, 1.165) is 25.9 Å². The second-order valence-electron chi connectivity index (χ2n) is 4.70. The third-order valence-electron chi connectivity index (χ3n) is 3.29. The highest BCUT2D eigenvalue weighted by molar-refractivity contribution is 5.88. The molecule has 2 N–H and O–H groups in total. The largest absolute Gasteiger partial charge is 0.478 e. The average molecular weight is 278 g/mol. The fourth-order valence-electron chi connectivity index (χ4n) is 2.20. The van der Waals surface area contributed by atoms with Gasteiger partial charge in [-0.3, -0.25) is 4.79 Å². The predicted octanol–water partition coefficient (Wildman–Crippen LogP) is 0.277. The molecule has 7 heteroatoms. The Labute approximate surface area is 117 Å². The van der Waals surface area contributed by atoms with Gasteiger partial charge in [0.25, 0.3) is 0 Å². The van der Waals surface area contributed by atoms with Gasteiger partial charge >= 0.3 is 5.97 Å². The van der Waals surface area contributed by atoms with Crippen molar-refractivity contribution in [3.63, 3.8) is 0 Å². The average Bonchev–Trinajstić information content (AvgIpc) is 2.98. The van der Waals surface area contributed by atoms with E-state index in [2.05, 4.69) is 15.3 Å². The third-order valence-corrected chi connectivity index (χ3v) is 3.29. The number of aromatic nitrogens is 2. The van der Waals surface area contributed by atoms with Gasteiger partial charge in [-0.1, -0.05) is 0 Å². The van der Waals surface area contributed by atoms with Gasteiger partial charge < -0.3 is 15.3 Å². The normalized spacial score (nSPS) is 14.5. The third kappa shape index (κ3) is 3.74. The van der Waals surface area contributed by atoms with Crippen molar-refractivity contribution in [2.75, 3.05) is 19.6 Å². The van der Waals surface area contributed by atoms with Crippen molar-refractivity contribution < 1.29 is 14.7 Å². The number of carbonyl (C=O) groups excluding carboxylic acids is 1. The Morgan fingerprint density at radius 2 is 2.10 bits per heavy atom. The van der Waals surface area contributed by atoms with Crippen LogP contribution in [0.3, 0.4) is 0 Å². The van der Waals surface area contributed by atoms with Gasteiger partial charge in [-0.15, -0.1) is 0 Å². The van der Waals surface area contributed by atoms with Crippen molar-refractivity contribution in [3.8, 4) is 0 Å². The summed E-state index contributed by atoms with van der Waals surface area (Å²) in [4.78, 5) is 32.3. The zero-order chi connectivity index (χ0) is 14.4. The van der Waals surface area contributed by atoms with E-state index in [0.29, 0.717) is 25.2 Å². The molecule has 1 fully saturated rings. The molecule has 0 atom stereocenters. The molecular formula is C13H18N4O3. The van der Waals surface area contributed by atoms with E-state index in [1.54, 1.807) is 0 Å². The fraction of sp³-hybridized carbons (Fsp3) is 0.538. The Bertz CT molecular complexity index is 486. The minimum absolute atomic E-state index is 0.0888. The van der Waals surface area contributed by atoms with Gasteiger partial charge in [-0.25, -0.2) is 14.8 Å². The van der Waals surface area contributed by atoms with Crippen LogP contribution in [0.1, 0.15) is 35.3 Å². The molecule has 2 heterocycles. The number of hydrogen-bond donors (Lipinski definition) is 2. The highest BCUT2D eigenvalue weighted by atomic mass is 16.4. The molecule has 0 spiro atoms. The number of amides is 1. The first-order valence-corrected chi connectivity index (χ1v) is 6.69. The van der Waals surface area contributed by atoms with Gasteiger partial charge in [0.1, 0.15) is 11.9 Å². The van der Waals surface area contributed by atoms with E-state index in [4.69, 9.17) is 5.11 Å². The van der Waals surface area contributed by atoms with Crippen LogP contribution in [0.2, 0.25) is 0 Å². The Kier molecular flexibility index (Phi) is 5.00. The molecule has 0 bridgehead atoms. The lowest BCUT2D eigenvalue weighted by molar-refractivity contribution is -0.130. The van der Waals surface area contributed by atoms with Crippen LogP contribution < -0.4 is 5.32 Å². The molecule has 0 unspecified atom stereocenters. The summed E-state index contributed by atoms with van der Waals surface area (Å²) in [6, 6.07) is 0. The van der Waals surface area contributed by atoms with Crippen LogP contribution in [0.5, 0.6) is 0 Å². The first-order chi connectivity index (χ1) is 9.68. The topological polar surface area (TPSA) is 95.4 Å². The Morgan fingerprint density at radius 3 is 2.80 bits per heavy atom. The van der Waals surface area contributed by atoms with Crippen molar-refractivity contribution in [2.45, 2.75) is 25.8 Å². The van der Waals surface area contributed by atoms with Crippen LogP contribution in [0, 0.1) is 0 Å². The lowest BCUT2D eigenvalue weighted by Gasteiger charge is -2.15. The predicted molar refractivity (Wildman–Crippen MR) is 71.1 cm³/mol. The first-order valence-electron chi connectivity index (χ1n) is 6.69. The van der Waals surface area contributed by atoms with Gasteiger partial charge in [-0.05, 0) is 12.8 Å². The Morgan fingerprint density at radius 1 is 1.35 bits per heavy atom. The van der Waals surface area contributed by atoms with Crippen molar-refractivity contribution in [3.05, 3.63) is 23.8 Å². The summed E-state index contributed by atoms with van der Waals surface area (Å²) in [7, 11) is 0. The van der Waals surface area contributed by atoms with Gasteiger partial charge in [0.2, 0.25) is 5.91 Å². The zero-order valence-corrected chi connectivity index (χ0v) is 11.2. The van der Waals surface area contributed by atoms with E-state index in [9.17, 15) is 9.59 Å². The van der Waals surface area contributed by atoms with Gasteiger partial charge in [0.15, 0.2) is 0 Å². The van der Waals surface area contributed by atoms with Crippen molar-refractivity contribution in [1.82, 2.24) is 20.2 Å². The van der Waals surface area contributed by atoms with Crippen LogP contribution >= 0.6 is 0 Å². The number of aromatic carboxylic acids is 1. The summed E-state index contributed by atoms with van der Waals surface area (Å²) >= 11 is 0. The number of hydrogen-bond acceptors (Lipinski definition) is 5. The molecule has 7 nitrogen and oxygen atoms in total. The summed E-state index contributed by atoms with van der Waals surface area (Å²) in [5.41, 5.74) is 0.520. The summed E-state index contributed by atoms with van der Waals surface area (Å²) in [5.74, 6) is -0.897. The maximum absolute atomic E-state index is 11.8. The molecule has 1 saturated heterocycles. The molecule has 0 aromatic carbocycles. The van der Waals surface area contributed by atoms with E-state index < -0.39 is 5.97 Å². The lowest BCUT2D eigenvalue weighted by Crippen LogP contribution is -2.30. The smallest absolute Gasteiger partial charge is 0.339 e. The summed E-state index contributed by atoms with van der Waals surface area (Å²) in [6.45, 7) is 2.54. The number of rotatable bonds is 6. The van der Waals surface area contributed by atoms with E-state index in [1.165, 1.54) is 12.5 Å². The number of carbonyl (C=O) groups is 2. The second kappa shape index (κ2) is 6.95. The first kappa shape index (κ1) is 14.4. The van der Waals surface area contributed by atoms with Crippen molar-refractivity contribution in [1.29, 1.82) is 0 Å². The second-order valence-corrected chi connectivity index (χ2v) is 4.70. The maximum atomic E-state index is 11.8. The van der Waals surface area contributed by atoms with Gasteiger partial charge in [0.05, 0.1) is 5.69 Å². The molecule has 1 amide bonds. The molecule has 1 aromatic rings. The number of carboxylic acid groups (broad SMARTS) is 1. The van der Waals surface area contributed by atoms with Crippen LogP contribution in [-0.4, -0.2) is 51.5 Å². The summed E-state index contributed by atoms with van der Waals surface area (Å²) in [6.07, 6.45) is 5.19. The SMILES string of the molecule is O=C(O)c1cncnc1CNCCC(=O)N1CCCC1. The van der Waals surface area contributed by atoms with E-state index in [1.807, 2.05) is 4.90 Å². The number of nitrogens with one attached hydrogen (secondary N) is 1. The molecule has 0 aliphatic carbocycles. The highest BCUT2D eigenvalue weighted by Crippen LogP contribution is 2.08. The fourth-order valence-corrected chi connectivity index (χ4v) is 2.20. The summed E-state index contributed by atoms with van der Waals surface area (Å²) in [5, 5.41) is 12.0. The number of carboxylic acids is 1. The Hall–Kier alpha value is -2.02. The van der Waals surface area contributed by atoms with Crippen LogP contribution in [-0.2, 0) is 11.3 Å². The van der Waals surface area contributed by atoms with Gasteiger partial charge in [-0.2, -0.15) is 0 Å². The van der Waals surface area contributed by atoms with E-state index >= 15 is 0 Å². The minimum atomic E-state index is -1.05. The maximum Gasteiger partial charge on any atom is 0.339 e. The molecule has 0 radical (unpaired) electrons. The zero-order valence-electron chi connectivity index (χ0n) is 11.2. The van der Waals surface area contributed by atoms with E-state index in [-0.39, 0.29) is 11.5 Å². The highest BCUT2D eigenvalue weighted by Gasteiger charge is 2.17. The summed E-state index contributed by atoms with van der Waals surface area (Å²) < 4.78 is 0. The molecule has 1 aliphatic rings. The lowest BCUT2D eigenvalue weighted by atomic mass is 10.2. The molecule has 1 aliphatic heterocycles. The van der Waals surface area contributed by atoms with Crippen molar-refractivity contribution in [2.24, 2.45) is 0 Å². The number of nitrogens with zero attached hydrogens (tertiary/aromatic N) is 3. The van der Waals surface area contributed by atoms with Crippen molar-refractivity contribution >= 4 is 11.9 Å². The molecule has 1 aromatic heterocycles. The Balaban J connectivity index is 1.76. The van der Waals surface area contributed by atoms with Crippen LogP contribution in [0.4, 0.5) is 0 Å². The van der Waals surface area contributed by atoms with Crippen LogP contribution in [0.15, 0.2) is 12.5 Å². The molecular weight excluding hydrogens is 260 g/mol. The quantitative estimate of drug-likeness (QED) is 0.726. The standard InChI is InChI=1S/C13H18N4O3/c18-12(17-5-1-2-6-17)3-4-14-8-11-10(13(19)20)7-15-9-16-11/h7,9,14H,1-6,8H2,(H,19,20). The monoisotopic (exact) mass is 278 g/mol. The number of likely N-dealkylation sites (tertiary alicyclic amines) is 1. The van der Waals surface area contributed by atoms with Crippen LogP contribution in [0.25, 0.3) is 0 Å². The van der Waals surface area contributed by atoms with Gasteiger partial charge in [0, 0.05) is 38.8 Å². The molecule has 20 heavy (non-hydrogen) atoms. The molecule has 108 valence electrons. The molecule has 2 rings (SSSR count). The molecule has 0 saturated carbocycles.